The molecule has 0 saturated carbocycles. The molecule has 0 radical (unpaired) electrons. The second kappa shape index (κ2) is 6.49. The van der Waals surface area contributed by atoms with Gasteiger partial charge >= 0.3 is 6.09 Å². The van der Waals surface area contributed by atoms with E-state index in [9.17, 15) is 4.79 Å². The predicted octanol–water partition coefficient (Wildman–Crippen LogP) is 0.0240. The zero-order valence-corrected chi connectivity index (χ0v) is 13.2. The number of nitrogens with zero attached hydrogens (tertiary/aromatic N) is 3. The average Bonchev–Trinajstić information content (AvgIpc) is 2.05. The van der Waals surface area contributed by atoms with Crippen LogP contribution in [-0.4, -0.2) is 82.7 Å². The Balaban J connectivity index is 4.54. The van der Waals surface area contributed by atoms with Crippen LogP contribution in [0.15, 0.2) is 0 Å². The second-order valence-corrected chi connectivity index (χ2v) is 6.20. The molecule has 2 N–H and O–H groups in total. The maximum Gasteiger partial charge on any atom is 0.404 e. The molecule has 0 saturated heterocycles. The monoisotopic (exact) mass is 281 g/mol. The lowest BCUT2D eigenvalue weighted by Gasteiger charge is -2.34. The van der Waals surface area contributed by atoms with Gasteiger partial charge in [0.1, 0.15) is 49.3 Å². The summed E-state index contributed by atoms with van der Waals surface area (Å²) in [7, 11) is 13.2. The summed E-state index contributed by atoms with van der Waals surface area (Å²) in [5.74, 6) is 0. The van der Waals surface area contributed by atoms with Crippen LogP contribution in [0.1, 0.15) is 6.42 Å². The highest BCUT2D eigenvalue weighted by molar-refractivity contribution is 5.64. The van der Waals surface area contributed by atoms with Crippen LogP contribution in [-0.2, 0) is 14.6 Å². The molecule has 0 atom stereocenters. The summed E-state index contributed by atoms with van der Waals surface area (Å²) in [6, 6.07) is 0. The minimum absolute atomic E-state index is 0.0604. The fourth-order valence-electron chi connectivity index (χ4n) is 1.66. The summed E-state index contributed by atoms with van der Waals surface area (Å²) in [4.78, 5) is 22.2. The number of carbonyl (C=O) groups excluding carboxylic acids is 1. The highest BCUT2D eigenvalue weighted by atomic mass is 17.1. The molecule has 0 aromatic rings. The Hall–Kier alpha value is -0.930. The number of rotatable bonds is 8. The number of amides is 1. The third-order valence-electron chi connectivity index (χ3n) is 1.79. The molecule has 0 aliphatic heterocycles. The van der Waals surface area contributed by atoms with E-state index in [0.717, 1.165) is 0 Å². The van der Waals surface area contributed by atoms with Gasteiger partial charge in [0.2, 0.25) is 0 Å². The van der Waals surface area contributed by atoms with E-state index < -0.39 is 6.09 Å². The summed E-state index contributed by atoms with van der Waals surface area (Å²) >= 11 is 0. The molecule has 0 heterocycles. The quantitative estimate of drug-likeness (QED) is 0.387. The van der Waals surface area contributed by atoms with E-state index in [1.54, 1.807) is 0 Å². The summed E-state index contributed by atoms with van der Waals surface area (Å²) in [6.07, 6.45) is -0.186. The average molecular weight is 281 g/mol. The second-order valence-electron chi connectivity index (χ2n) is 6.20. The van der Waals surface area contributed by atoms with Crippen LogP contribution in [0.3, 0.4) is 0 Å². The van der Waals surface area contributed by atoms with E-state index in [4.69, 9.17) is 20.3 Å². The Morgan fingerprint density at radius 1 is 0.947 bits per heavy atom. The zero-order chi connectivity index (χ0) is 15.3. The molecule has 0 spiro atoms. The van der Waals surface area contributed by atoms with Gasteiger partial charge in [-0.1, -0.05) is 0 Å². The molecule has 0 unspecified atom stereocenters. The van der Waals surface area contributed by atoms with Gasteiger partial charge in [-0.15, -0.1) is 9.29 Å². The zero-order valence-electron chi connectivity index (χ0n) is 13.2. The highest BCUT2D eigenvalue weighted by Crippen LogP contribution is 2.15. The number of nitrogens with two attached hydrogens (primary N) is 1. The van der Waals surface area contributed by atoms with Crippen molar-refractivity contribution in [1.82, 2.24) is 0 Å². The molecule has 0 aliphatic carbocycles. The Kier molecular flexibility index (Phi) is 6.17. The minimum Gasteiger partial charge on any atom is -0.449 e. The van der Waals surface area contributed by atoms with Crippen LogP contribution in [0.5, 0.6) is 0 Å². The summed E-state index contributed by atoms with van der Waals surface area (Å²) in [5.41, 5.74) is 4.91. The Bertz CT molecular complexity index is 280. The topological polar surface area (TPSA) is 70.8 Å². The van der Waals surface area contributed by atoms with Crippen molar-refractivity contribution in [3.05, 3.63) is 0 Å². The van der Waals surface area contributed by atoms with Crippen LogP contribution in [0.2, 0.25) is 0 Å². The molecule has 0 aromatic heterocycles. The lowest BCUT2D eigenvalue weighted by atomic mass is 10.4. The van der Waals surface area contributed by atoms with Crippen molar-refractivity contribution in [2.75, 3.05) is 62.5 Å². The lowest BCUT2D eigenvalue weighted by molar-refractivity contribution is -1.48. The van der Waals surface area contributed by atoms with E-state index in [0.29, 0.717) is 13.0 Å². The van der Waals surface area contributed by atoms with Crippen molar-refractivity contribution in [2.45, 2.75) is 6.42 Å². The number of primary amides is 1. The molecule has 1 amide bonds. The number of ether oxygens (including phenoxy) is 1. The van der Waals surface area contributed by atoms with E-state index in [1.165, 1.54) is 0 Å². The fraction of sp³-hybridized carbons (Fsp3) is 0.909. The van der Waals surface area contributed by atoms with Gasteiger partial charge in [0.05, 0.1) is 11.4 Å². The number of carbonyl (C=O) groups is 1. The van der Waals surface area contributed by atoms with Crippen LogP contribution < -0.4 is 5.73 Å². The molecule has 0 fully saturated rings. The predicted molar refractivity (Wildman–Crippen MR) is 69.4 cm³/mol. The number of hydrogen-bond donors (Lipinski definition) is 1. The van der Waals surface area contributed by atoms with Crippen molar-refractivity contribution < 1.29 is 33.5 Å². The van der Waals surface area contributed by atoms with E-state index in [2.05, 4.69) is 0 Å². The van der Waals surface area contributed by atoms with Gasteiger partial charge in [-0.2, -0.15) is 0 Å². The fourth-order valence-corrected chi connectivity index (χ4v) is 1.66. The van der Waals surface area contributed by atoms with Crippen molar-refractivity contribution in [1.29, 1.82) is 0 Å². The molecule has 0 rings (SSSR count). The third kappa shape index (κ3) is 10.7. The van der Waals surface area contributed by atoms with E-state index in [-0.39, 0.29) is 20.7 Å². The van der Waals surface area contributed by atoms with Gasteiger partial charge in [-0.3, -0.25) is 0 Å². The maximum atomic E-state index is 10.5. The van der Waals surface area contributed by atoms with Gasteiger partial charge < -0.3 is 10.5 Å². The first-order valence-corrected chi connectivity index (χ1v) is 6.16. The summed E-state index contributed by atoms with van der Waals surface area (Å²) in [6.45, 7) is 0.766. The maximum absolute atomic E-state index is 10.5. The molecule has 8 nitrogen and oxygen atoms in total. The van der Waals surface area contributed by atoms with Crippen LogP contribution in [0.4, 0.5) is 4.79 Å². The smallest absolute Gasteiger partial charge is 0.404 e. The number of quaternary nitrogens is 3. The van der Waals surface area contributed by atoms with Crippen molar-refractivity contribution in [3.63, 3.8) is 0 Å². The Labute approximate surface area is 115 Å². The Morgan fingerprint density at radius 3 is 1.68 bits per heavy atom. The normalized spacial score (nSPS) is 13.4. The summed E-state index contributed by atoms with van der Waals surface area (Å²) < 4.78 is 5.27. The SMILES string of the molecule is C[N+](C)(C)O[N+](C)(CCCOC(N)=O)O[N+](C)(C)C. The van der Waals surface area contributed by atoms with Gasteiger partial charge in [-0.05, 0) is 0 Å². The van der Waals surface area contributed by atoms with Crippen molar-refractivity contribution >= 4 is 6.09 Å². The van der Waals surface area contributed by atoms with Crippen LogP contribution >= 0.6 is 0 Å². The molecule has 8 heteroatoms. The van der Waals surface area contributed by atoms with E-state index in [1.807, 2.05) is 49.3 Å². The lowest BCUT2D eigenvalue weighted by Crippen LogP contribution is -2.59. The first-order valence-electron chi connectivity index (χ1n) is 6.16. The standard InChI is InChI=1S/C11H28N4O4/c1-13(2,3)18-15(7,19-14(4,5)6)9-8-10-17-11(12)16/h8-10H2,1-7H3,(H-,12,16)/q+2/p+1. The third-order valence-corrected chi connectivity index (χ3v) is 1.79. The van der Waals surface area contributed by atoms with Crippen LogP contribution in [0, 0.1) is 0 Å². The van der Waals surface area contributed by atoms with Crippen LogP contribution in [0.25, 0.3) is 0 Å². The van der Waals surface area contributed by atoms with Crippen molar-refractivity contribution in [3.8, 4) is 0 Å². The minimum atomic E-state index is -0.769. The molecular weight excluding hydrogens is 252 g/mol. The van der Waals surface area contributed by atoms with Gasteiger partial charge in [-0.25, -0.2) is 4.79 Å². The van der Waals surface area contributed by atoms with E-state index >= 15 is 0 Å². The molecule has 0 aromatic carbocycles. The molecule has 0 bridgehead atoms. The Morgan fingerprint density at radius 2 is 1.37 bits per heavy atom. The molecule has 114 valence electrons. The number of hydrogen-bond acceptors (Lipinski definition) is 4. The summed E-state index contributed by atoms with van der Waals surface area (Å²) in [5, 5.41) is 0. The van der Waals surface area contributed by atoms with Crippen molar-refractivity contribution in [2.24, 2.45) is 5.73 Å². The molecule has 0 aliphatic rings. The number of hydroxylamine groups is 10. The highest BCUT2D eigenvalue weighted by Gasteiger charge is 2.40. The first-order chi connectivity index (χ1) is 8.33. The molecule has 19 heavy (non-hydrogen) atoms. The largest absolute Gasteiger partial charge is 0.449 e. The van der Waals surface area contributed by atoms with Gasteiger partial charge in [0.25, 0.3) is 0 Å². The van der Waals surface area contributed by atoms with Gasteiger partial charge in [0, 0.05) is 16.3 Å². The first kappa shape index (κ1) is 18.1. The molecular formula is C11H29N4O4+3. The van der Waals surface area contributed by atoms with Gasteiger partial charge in [0.15, 0.2) is 6.54 Å².